The fraction of sp³-hybridized carbons (Fsp3) is 0.727. The molecule has 0 saturated carbocycles. The Morgan fingerprint density at radius 2 is 2.18 bits per heavy atom. The van der Waals surface area contributed by atoms with Gasteiger partial charge in [-0.25, -0.2) is 4.68 Å². The van der Waals surface area contributed by atoms with E-state index in [-0.39, 0.29) is 10.8 Å². The predicted octanol–water partition coefficient (Wildman–Crippen LogP) is 3.44. The molecule has 0 amide bonds. The van der Waals surface area contributed by atoms with Gasteiger partial charge >= 0.3 is 5.69 Å². The van der Waals surface area contributed by atoms with E-state index in [1.807, 2.05) is 13.8 Å². The van der Waals surface area contributed by atoms with Gasteiger partial charge in [-0.05, 0) is 12.3 Å². The molecule has 0 aliphatic carbocycles. The molecule has 1 aromatic heterocycles. The highest BCUT2D eigenvalue weighted by molar-refractivity contribution is 6.31. The zero-order chi connectivity index (χ0) is 13.0. The average Bonchev–Trinajstić information content (AvgIpc) is 2.51. The summed E-state index contributed by atoms with van der Waals surface area (Å²) in [4.78, 5) is 10.5. The summed E-state index contributed by atoms with van der Waals surface area (Å²) >= 11 is 6.00. The van der Waals surface area contributed by atoms with Crippen LogP contribution < -0.4 is 0 Å². The standard InChI is InChI=1S/C11H18ClN3O2/c1-4-5-6-14-11(12)10(15(16)17)9(13-14)7-8(2)3/h8H,4-7H2,1-3H3. The Morgan fingerprint density at radius 1 is 1.53 bits per heavy atom. The molecule has 0 radical (unpaired) electrons. The minimum Gasteiger partial charge on any atom is -0.258 e. The van der Waals surface area contributed by atoms with Crippen molar-refractivity contribution in [2.75, 3.05) is 0 Å². The van der Waals surface area contributed by atoms with Crippen molar-refractivity contribution in [3.8, 4) is 0 Å². The van der Waals surface area contributed by atoms with Gasteiger partial charge in [0.1, 0.15) is 5.69 Å². The van der Waals surface area contributed by atoms with Crippen molar-refractivity contribution in [3.05, 3.63) is 21.0 Å². The van der Waals surface area contributed by atoms with E-state index in [4.69, 9.17) is 11.6 Å². The molecule has 0 saturated heterocycles. The van der Waals surface area contributed by atoms with Crippen molar-refractivity contribution >= 4 is 17.3 Å². The van der Waals surface area contributed by atoms with Crippen molar-refractivity contribution in [2.45, 2.75) is 46.6 Å². The van der Waals surface area contributed by atoms with E-state index in [1.54, 1.807) is 4.68 Å². The van der Waals surface area contributed by atoms with Crippen LogP contribution in [0.3, 0.4) is 0 Å². The molecule has 0 bridgehead atoms. The highest BCUT2D eigenvalue weighted by atomic mass is 35.5. The summed E-state index contributed by atoms with van der Waals surface area (Å²) < 4.78 is 1.54. The average molecular weight is 260 g/mol. The number of nitrogens with zero attached hydrogens (tertiary/aromatic N) is 3. The maximum atomic E-state index is 11.0. The monoisotopic (exact) mass is 259 g/mol. The maximum Gasteiger partial charge on any atom is 0.329 e. The SMILES string of the molecule is CCCCn1nc(CC(C)C)c([N+](=O)[O-])c1Cl. The fourth-order valence-electron chi connectivity index (χ4n) is 1.64. The van der Waals surface area contributed by atoms with Crippen LogP contribution in [0, 0.1) is 16.0 Å². The molecule has 0 unspecified atom stereocenters. The summed E-state index contributed by atoms with van der Waals surface area (Å²) in [7, 11) is 0. The number of rotatable bonds is 6. The van der Waals surface area contributed by atoms with Gasteiger partial charge in [-0.3, -0.25) is 10.1 Å². The van der Waals surface area contributed by atoms with Gasteiger partial charge in [-0.15, -0.1) is 0 Å². The van der Waals surface area contributed by atoms with E-state index in [0.717, 1.165) is 12.8 Å². The lowest BCUT2D eigenvalue weighted by atomic mass is 10.1. The van der Waals surface area contributed by atoms with Crippen LogP contribution >= 0.6 is 11.6 Å². The molecular weight excluding hydrogens is 242 g/mol. The minimum absolute atomic E-state index is 0.0310. The molecule has 17 heavy (non-hydrogen) atoms. The van der Waals surface area contributed by atoms with Gasteiger partial charge in [-0.2, -0.15) is 5.10 Å². The molecule has 0 aliphatic rings. The van der Waals surface area contributed by atoms with Crippen molar-refractivity contribution < 1.29 is 4.92 Å². The Morgan fingerprint density at radius 3 is 2.65 bits per heavy atom. The first-order valence-corrected chi connectivity index (χ1v) is 6.24. The lowest BCUT2D eigenvalue weighted by molar-refractivity contribution is -0.385. The molecule has 96 valence electrons. The van der Waals surface area contributed by atoms with Gasteiger partial charge in [-0.1, -0.05) is 38.8 Å². The van der Waals surface area contributed by atoms with Gasteiger partial charge in [0, 0.05) is 13.0 Å². The summed E-state index contributed by atoms with van der Waals surface area (Å²) in [5.74, 6) is 0.319. The molecule has 6 heteroatoms. The molecule has 0 N–H and O–H groups in total. The Kier molecular flexibility index (Phi) is 4.93. The van der Waals surface area contributed by atoms with Crippen LogP contribution in [0.2, 0.25) is 5.15 Å². The van der Waals surface area contributed by atoms with Crippen molar-refractivity contribution in [3.63, 3.8) is 0 Å². The normalized spacial score (nSPS) is 11.1. The molecule has 0 atom stereocenters. The number of unbranched alkanes of at least 4 members (excludes halogenated alkanes) is 1. The Labute approximate surface area is 106 Å². The molecule has 0 spiro atoms. The number of hydrogen-bond acceptors (Lipinski definition) is 3. The molecule has 5 nitrogen and oxygen atoms in total. The molecular formula is C11H18ClN3O2. The minimum atomic E-state index is -0.435. The second-order valence-electron chi connectivity index (χ2n) is 4.52. The molecule has 0 aromatic carbocycles. The van der Waals surface area contributed by atoms with Gasteiger partial charge < -0.3 is 0 Å². The molecule has 0 aliphatic heterocycles. The lowest BCUT2D eigenvalue weighted by Crippen LogP contribution is -2.02. The summed E-state index contributed by atoms with van der Waals surface area (Å²) in [5, 5.41) is 15.4. The van der Waals surface area contributed by atoms with E-state index in [9.17, 15) is 10.1 Å². The number of aromatic nitrogens is 2. The van der Waals surface area contributed by atoms with Crippen LogP contribution in [0.5, 0.6) is 0 Å². The second-order valence-corrected chi connectivity index (χ2v) is 4.88. The third-order valence-electron chi connectivity index (χ3n) is 2.44. The number of halogens is 1. The zero-order valence-electron chi connectivity index (χ0n) is 10.4. The van der Waals surface area contributed by atoms with Crippen LogP contribution in [-0.4, -0.2) is 14.7 Å². The first-order chi connectivity index (χ1) is 7.97. The smallest absolute Gasteiger partial charge is 0.258 e. The third kappa shape index (κ3) is 3.43. The van der Waals surface area contributed by atoms with E-state index in [0.29, 0.717) is 24.6 Å². The van der Waals surface area contributed by atoms with E-state index >= 15 is 0 Å². The zero-order valence-corrected chi connectivity index (χ0v) is 11.2. The summed E-state index contributed by atoms with van der Waals surface area (Å²) in [6, 6.07) is 0. The molecule has 1 aromatic rings. The second kappa shape index (κ2) is 6.00. The van der Waals surface area contributed by atoms with Crippen LogP contribution in [0.4, 0.5) is 5.69 Å². The van der Waals surface area contributed by atoms with Crippen molar-refractivity contribution in [1.29, 1.82) is 0 Å². The van der Waals surface area contributed by atoms with Crippen molar-refractivity contribution in [1.82, 2.24) is 9.78 Å². The lowest BCUT2D eigenvalue weighted by Gasteiger charge is -2.00. The molecule has 0 fully saturated rings. The topological polar surface area (TPSA) is 61.0 Å². The number of nitro groups is 1. The Hall–Kier alpha value is -1.10. The summed E-state index contributed by atoms with van der Waals surface area (Å²) in [6.07, 6.45) is 2.50. The number of hydrogen-bond donors (Lipinski definition) is 0. The fourth-order valence-corrected chi connectivity index (χ4v) is 1.94. The van der Waals surface area contributed by atoms with Gasteiger partial charge in [0.15, 0.2) is 0 Å². The quantitative estimate of drug-likeness (QED) is 0.581. The predicted molar refractivity (Wildman–Crippen MR) is 67.3 cm³/mol. The highest BCUT2D eigenvalue weighted by Crippen LogP contribution is 2.30. The Balaban J connectivity index is 3.06. The largest absolute Gasteiger partial charge is 0.329 e. The first-order valence-electron chi connectivity index (χ1n) is 5.86. The van der Waals surface area contributed by atoms with Crippen LogP contribution in [0.25, 0.3) is 0 Å². The third-order valence-corrected chi connectivity index (χ3v) is 2.82. The maximum absolute atomic E-state index is 11.0. The van der Waals surface area contributed by atoms with Crippen LogP contribution in [0.1, 0.15) is 39.3 Å². The van der Waals surface area contributed by atoms with Gasteiger partial charge in [0.05, 0.1) is 4.92 Å². The van der Waals surface area contributed by atoms with Gasteiger partial charge in [0.25, 0.3) is 0 Å². The van der Waals surface area contributed by atoms with E-state index < -0.39 is 4.92 Å². The van der Waals surface area contributed by atoms with E-state index in [1.165, 1.54) is 0 Å². The summed E-state index contributed by atoms with van der Waals surface area (Å²) in [6.45, 7) is 6.69. The van der Waals surface area contributed by atoms with Crippen molar-refractivity contribution in [2.24, 2.45) is 5.92 Å². The van der Waals surface area contributed by atoms with Crippen LogP contribution in [-0.2, 0) is 13.0 Å². The Bertz CT molecular complexity index is 402. The first kappa shape index (κ1) is 14.0. The highest BCUT2D eigenvalue weighted by Gasteiger charge is 2.26. The van der Waals surface area contributed by atoms with E-state index in [2.05, 4.69) is 12.0 Å². The van der Waals surface area contributed by atoms with Gasteiger partial charge in [0.2, 0.25) is 5.15 Å². The molecule has 1 rings (SSSR count). The summed E-state index contributed by atoms with van der Waals surface area (Å²) in [5.41, 5.74) is 0.461. The number of aryl methyl sites for hydroxylation is 1. The molecule has 1 heterocycles. The van der Waals surface area contributed by atoms with Crippen LogP contribution in [0.15, 0.2) is 0 Å².